The summed E-state index contributed by atoms with van der Waals surface area (Å²) in [6.45, 7) is -0.0789. The third kappa shape index (κ3) is 5.82. The van der Waals surface area contributed by atoms with Gasteiger partial charge in [0.15, 0.2) is 6.61 Å². The van der Waals surface area contributed by atoms with Gasteiger partial charge < -0.3 is 10.1 Å². The van der Waals surface area contributed by atoms with Gasteiger partial charge in [-0.25, -0.2) is 9.78 Å². The molecule has 1 amide bonds. The smallest absolute Gasteiger partial charge is 0.339 e. The molecule has 1 aromatic heterocycles. The average Bonchev–Trinajstić information content (AvgIpc) is 3.24. The number of benzene rings is 2. The molecule has 0 radical (unpaired) electrons. The zero-order valence-electron chi connectivity index (χ0n) is 14.8. The minimum absolute atomic E-state index is 0.274. The molecule has 0 fully saturated rings. The van der Waals surface area contributed by atoms with Gasteiger partial charge in [0.1, 0.15) is 0 Å². The largest absolute Gasteiger partial charge is 0.452 e. The summed E-state index contributed by atoms with van der Waals surface area (Å²) in [6.07, 6.45) is 0. The number of halogens is 1. The number of thioether (sulfide) groups is 1. The van der Waals surface area contributed by atoms with Crippen LogP contribution in [0.25, 0.3) is 0 Å². The van der Waals surface area contributed by atoms with E-state index in [9.17, 15) is 9.59 Å². The van der Waals surface area contributed by atoms with Crippen molar-refractivity contribution in [2.45, 2.75) is 17.2 Å². The summed E-state index contributed by atoms with van der Waals surface area (Å²) in [5, 5.41) is 5.24. The van der Waals surface area contributed by atoms with Crippen molar-refractivity contribution in [1.82, 2.24) is 10.3 Å². The maximum absolute atomic E-state index is 12.4. The van der Waals surface area contributed by atoms with E-state index in [4.69, 9.17) is 16.3 Å². The average molecular weight is 433 g/mol. The van der Waals surface area contributed by atoms with Gasteiger partial charge in [-0.1, -0.05) is 41.9 Å². The second kappa shape index (κ2) is 10.3. The fourth-order valence-corrected chi connectivity index (χ4v) is 4.13. The fraction of sp³-hybridized carbons (Fsp3) is 0.150. The number of nitrogens with one attached hydrogen (secondary N) is 1. The lowest BCUT2D eigenvalue weighted by Crippen LogP contribution is -2.28. The molecule has 1 heterocycles. The predicted octanol–water partition coefficient (Wildman–Crippen LogP) is 4.56. The molecule has 1 N–H and O–H groups in total. The van der Waals surface area contributed by atoms with Crippen molar-refractivity contribution in [3.63, 3.8) is 0 Å². The Bertz CT molecular complexity index is 948. The second-order valence-electron chi connectivity index (χ2n) is 5.71. The van der Waals surface area contributed by atoms with Crippen LogP contribution in [0.15, 0.2) is 64.3 Å². The number of amides is 1. The molecule has 28 heavy (non-hydrogen) atoms. The summed E-state index contributed by atoms with van der Waals surface area (Å²) in [7, 11) is 0. The van der Waals surface area contributed by atoms with E-state index >= 15 is 0 Å². The Morgan fingerprint density at radius 2 is 1.93 bits per heavy atom. The normalized spacial score (nSPS) is 10.5. The van der Waals surface area contributed by atoms with E-state index < -0.39 is 5.97 Å². The van der Waals surface area contributed by atoms with Gasteiger partial charge in [-0.2, -0.15) is 0 Å². The van der Waals surface area contributed by atoms with Gasteiger partial charge in [-0.15, -0.1) is 23.1 Å². The molecule has 5 nitrogen and oxygen atoms in total. The van der Waals surface area contributed by atoms with Crippen molar-refractivity contribution >= 4 is 46.6 Å². The molecule has 144 valence electrons. The summed E-state index contributed by atoms with van der Waals surface area (Å²) in [5.74, 6) is -0.262. The molecule has 0 aliphatic heterocycles. The van der Waals surface area contributed by atoms with Crippen LogP contribution in [-0.2, 0) is 21.8 Å². The Morgan fingerprint density at radius 1 is 1.14 bits per heavy atom. The lowest BCUT2D eigenvalue weighted by Gasteiger charge is -2.10. The second-order valence-corrected chi connectivity index (χ2v) is 7.85. The van der Waals surface area contributed by atoms with Crippen LogP contribution in [0, 0.1) is 0 Å². The Labute approximate surface area is 176 Å². The summed E-state index contributed by atoms with van der Waals surface area (Å²) in [6, 6.07) is 14.4. The number of aromatic nitrogens is 1. The topological polar surface area (TPSA) is 68.3 Å². The number of carbonyl (C=O) groups excluding carboxylic acids is 2. The van der Waals surface area contributed by atoms with Crippen molar-refractivity contribution in [1.29, 1.82) is 0 Å². The summed E-state index contributed by atoms with van der Waals surface area (Å²) in [5.41, 5.74) is 3.96. The van der Waals surface area contributed by atoms with Gasteiger partial charge in [0, 0.05) is 27.6 Å². The zero-order chi connectivity index (χ0) is 19.8. The van der Waals surface area contributed by atoms with Crippen molar-refractivity contribution in [3.8, 4) is 0 Å². The number of nitrogens with zero attached hydrogens (tertiary/aromatic N) is 1. The van der Waals surface area contributed by atoms with Crippen LogP contribution in [0.1, 0.15) is 21.6 Å². The van der Waals surface area contributed by atoms with Crippen LogP contribution in [0.3, 0.4) is 0 Å². The minimum Gasteiger partial charge on any atom is -0.452 e. The molecular weight excluding hydrogens is 416 g/mol. The van der Waals surface area contributed by atoms with Crippen molar-refractivity contribution in [2.75, 3.05) is 6.61 Å². The molecule has 3 aromatic rings. The molecule has 0 aliphatic carbocycles. The third-order valence-corrected chi connectivity index (χ3v) is 5.85. The van der Waals surface area contributed by atoms with E-state index in [1.165, 1.54) is 23.1 Å². The Hall–Kier alpha value is -2.35. The van der Waals surface area contributed by atoms with Crippen LogP contribution < -0.4 is 5.32 Å². The molecule has 0 spiro atoms. The van der Waals surface area contributed by atoms with Gasteiger partial charge in [0.05, 0.1) is 16.8 Å². The highest BCUT2D eigenvalue weighted by Crippen LogP contribution is 2.26. The van der Waals surface area contributed by atoms with Crippen LogP contribution in [0.5, 0.6) is 0 Å². The van der Waals surface area contributed by atoms with Crippen LogP contribution in [-0.4, -0.2) is 23.5 Å². The number of rotatable bonds is 8. The maximum atomic E-state index is 12.4. The monoisotopic (exact) mass is 432 g/mol. The van der Waals surface area contributed by atoms with Gasteiger partial charge in [-0.05, 0) is 23.8 Å². The van der Waals surface area contributed by atoms with Gasteiger partial charge in [0.25, 0.3) is 5.91 Å². The van der Waals surface area contributed by atoms with E-state index in [2.05, 4.69) is 10.3 Å². The van der Waals surface area contributed by atoms with Gasteiger partial charge >= 0.3 is 5.97 Å². The molecule has 0 aliphatic rings. The number of ether oxygens (including phenoxy) is 1. The Balaban J connectivity index is 1.51. The summed E-state index contributed by atoms with van der Waals surface area (Å²) in [4.78, 5) is 29.4. The Kier molecular flexibility index (Phi) is 7.47. The first-order valence-corrected chi connectivity index (χ1v) is 10.7. The number of thiazole rings is 1. The minimum atomic E-state index is -0.533. The summed E-state index contributed by atoms with van der Waals surface area (Å²) < 4.78 is 5.18. The fourth-order valence-electron chi connectivity index (χ4n) is 2.32. The highest BCUT2D eigenvalue weighted by Gasteiger charge is 2.15. The lowest BCUT2D eigenvalue weighted by atomic mass is 10.2. The third-order valence-electron chi connectivity index (χ3n) is 3.73. The predicted molar refractivity (Wildman–Crippen MR) is 112 cm³/mol. The SMILES string of the molecule is O=C(COC(=O)c1ccccc1SCc1cscn1)NCc1ccccc1Cl. The molecular formula is C20H17ClN2O3S2. The van der Waals surface area contributed by atoms with Gasteiger partial charge in [0.2, 0.25) is 0 Å². The zero-order valence-corrected chi connectivity index (χ0v) is 17.2. The van der Waals surface area contributed by atoms with Crippen LogP contribution in [0.2, 0.25) is 5.02 Å². The Morgan fingerprint density at radius 3 is 2.71 bits per heavy atom. The van der Waals surface area contributed by atoms with Crippen LogP contribution in [0.4, 0.5) is 0 Å². The molecule has 0 saturated carbocycles. The number of hydrogen-bond acceptors (Lipinski definition) is 6. The van der Waals surface area contributed by atoms with E-state index in [-0.39, 0.29) is 19.1 Å². The lowest BCUT2D eigenvalue weighted by molar-refractivity contribution is -0.124. The maximum Gasteiger partial charge on any atom is 0.339 e. The number of esters is 1. The quantitative estimate of drug-likeness (QED) is 0.417. The first kappa shape index (κ1) is 20.4. The highest BCUT2D eigenvalue weighted by molar-refractivity contribution is 7.98. The highest BCUT2D eigenvalue weighted by atomic mass is 35.5. The van der Waals surface area contributed by atoms with E-state index in [0.717, 1.165) is 16.2 Å². The van der Waals surface area contributed by atoms with Crippen molar-refractivity contribution < 1.29 is 14.3 Å². The van der Waals surface area contributed by atoms with Crippen molar-refractivity contribution in [2.24, 2.45) is 0 Å². The van der Waals surface area contributed by atoms with Gasteiger partial charge in [-0.3, -0.25) is 4.79 Å². The molecule has 8 heteroatoms. The molecule has 0 saturated heterocycles. The first-order chi connectivity index (χ1) is 13.6. The van der Waals surface area contributed by atoms with E-state index in [1.54, 1.807) is 23.7 Å². The summed E-state index contributed by atoms with van der Waals surface area (Å²) >= 11 is 9.09. The standard InChI is InChI=1S/C20H17ClN2O3S2/c21-17-7-3-1-5-14(17)9-22-19(24)10-26-20(25)16-6-2-4-8-18(16)28-12-15-11-27-13-23-15/h1-8,11,13H,9-10,12H2,(H,22,24). The van der Waals surface area contributed by atoms with E-state index in [0.29, 0.717) is 16.3 Å². The number of carbonyl (C=O) groups is 2. The molecule has 0 atom stereocenters. The molecule has 0 unspecified atom stereocenters. The molecule has 3 rings (SSSR count). The number of hydrogen-bond donors (Lipinski definition) is 1. The van der Waals surface area contributed by atoms with Crippen LogP contribution >= 0.6 is 34.7 Å². The van der Waals surface area contributed by atoms with E-state index in [1.807, 2.05) is 35.7 Å². The molecule has 2 aromatic carbocycles. The van der Waals surface area contributed by atoms with Crippen molar-refractivity contribution in [3.05, 3.63) is 81.3 Å². The molecule has 0 bridgehead atoms. The first-order valence-electron chi connectivity index (χ1n) is 8.39.